The average molecular weight is 364 g/mol. The van der Waals surface area contributed by atoms with E-state index in [1.807, 2.05) is 48.5 Å². The summed E-state index contributed by atoms with van der Waals surface area (Å²) in [7, 11) is 3.41. The first-order valence-corrected chi connectivity index (χ1v) is 8.88. The predicted octanol–water partition coefficient (Wildman–Crippen LogP) is 4.53. The minimum absolute atomic E-state index is 0.189. The van der Waals surface area contributed by atoms with Gasteiger partial charge < -0.3 is 19.7 Å². The maximum Gasteiger partial charge on any atom is 0.321 e. The summed E-state index contributed by atoms with van der Waals surface area (Å²) < 4.78 is 10.7. The Labute approximate surface area is 159 Å². The molecule has 0 bridgehead atoms. The summed E-state index contributed by atoms with van der Waals surface area (Å²) >= 11 is 0. The van der Waals surface area contributed by atoms with Crippen LogP contribution >= 0.6 is 0 Å². The number of hydrogen-bond donors (Lipinski definition) is 1. The molecule has 0 aliphatic rings. The average Bonchev–Trinajstić information content (AvgIpc) is 2.69. The number of para-hydroxylation sites is 2. The monoisotopic (exact) mass is 364 g/mol. The highest BCUT2D eigenvalue weighted by molar-refractivity contribution is 5.91. The van der Waals surface area contributed by atoms with Gasteiger partial charge in [0.1, 0.15) is 12.4 Å². The van der Waals surface area contributed by atoms with Crippen LogP contribution in [0.3, 0.4) is 0 Å². The second-order valence-electron chi connectivity index (χ2n) is 6.26. The van der Waals surface area contributed by atoms with Gasteiger partial charge in [-0.05, 0) is 28.5 Å². The number of hydrogen-bond acceptors (Lipinski definition) is 3. The minimum atomic E-state index is -0.189. The Bertz CT molecular complexity index is 905. The molecule has 0 atom stereocenters. The van der Waals surface area contributed by atoms with E-state index in [2.05, 4.69) is 23.5 Å². The highest BCUT2D eigenvalue weighted by atomic mass is 16.5. The number of nitrogens with one attached hydrogen (secondary N) is 1. The molecule has 0 heterocycles. The Morgan fingerprint density at radius 3 is 2.56 bits per heavy atom. The van der Waals surface area contributed by atoms with E-state index in [0.717, 1.165) is 10.9 Å². The van der Waals surface area contributed by atoms with Gasteiger partial charge in [-0.15, -0.1) is 0 Å². The highest BCUT2D eigenvalue weighted by Gasteiger charge is 2.13. The molecule has 0 spiro atoms. The fourth-order valence-corrected chi connectivity index (χ4v) is 2.90. The van der Waals surface area contributed by atoms with E-state index in [1.54, 1.807) is 19.1 Å². The van der Waals surface area contributed by atoms with Gasteiger partial charge in [0.15, 0.2) is 0 Å². The first-order chi connectivity index (χ1) is 13.2. The van der Waals surface area contributed by atoms with E-state index < -0.39 is 0 Å². The molecule has 0 aliphatic heterocycles. The number of urea groups is 1. The molecule has 3 aromatic carbocycles. The van der Waals surface area contributed by atoms with Crippen LogP contribution in [0.5, 0.6) is 5.75 Å². The van der Waals surface area contributed by atoms with Crippen LogP contribution in [0.25, 0.3) is 10.8 Å². The number of benzene rings is 3. The standard InChI is InChI=1S/C22H24N2O3/c1-24(16-18-10-7-9-17-8-3-4-11-19(17)18)22(25)23-20-12-5-6-13-21(20)27-15-14-26-2/h3-13H,14-16H2,1-2H3,(H,23,25). The number of carbonyl (C=O) groups is 1. The van der Waals surface area contributed by atoms with Gasteiger partial charge >= 0.3 is 6.03 Å². The number of amides is 2. The molecule has 5 nitrogen and oxygen atoms in total. The molecular weight excluding hydrogens is 340 g/mol. The summed E-state index contributed by atoms with van der Waals surface area (Å²) in [6.45, 7) is 1.43. The van der Waals surface area contributed by atoms with Crippen LogP contribution in [0.15, 0.2) is 66.7 Å². The molecule has 0 saturated heterocycles. The molecule has 3 aromatic rings. The van der Waals surface area contributed by atoms with Crippen molar-refractivity contribution in [3.05, 3.63) is 72.3 Å². The molecule has 2 amide bonds. The Morgan fingerprint density at radius 2 is 1.70 bits per heavy atom. The first kappa shape index (κ1) is 18.7. The van der Waals surface area contributed by atoms with Crippen LogP contribution in [-0.2, 0) is 11.3 Å². The van der Waals surface area contributed by atoms with Gasteiger partial charge in [0.2, 0.25) is 0 Å². The zero-order valence-corrected chi connectivity index (χ0v) is 15.6. The molecule has 0 radical (unpaired) electrons. The van der Waals surface area contributed by atoms with Crippen LogP contribution in [0.4, 0.5) is 10.5 Å². The van der Waals surface area contributed by atoms with E-state index >= 15 is 0 Å². The molecule has 0 aromatic heterocycles. The lowest BCUT2D eigenvalue weighted by Gasteiger charge is -2.20. The number of nitrogens with zero attached hydrogens (tertiary/aromatic N) is 1. The van der Waals surface area contributed by atoms with Crippen LogP contribution in [0.2, 0.25) is 0 Å². The fourth-order valence-electron chi connectivity index (χ4n) is 2.90. The molecule has 0 unspecified atom stereocenters. The number of carbonyl (C=O) groups excluding carboxylic acids is 1. The topological polar surface area (TPSA) is 50.8 Å². The van der Waals surface area contributed by atoms with Crippen molar-refractivity contribution < 1.29 is 14.3 Å². The van der Waals surface area contributed by atoms with Crippen LogP contribution in [-0.4, -0.2) is 38.3 Å². The Hall–Kier alpha value is -3.05. The number of methoxy groups -OCH3 is 1. The van der Waals surface area contributed by atoms with E-state index in [1.165, 1.54) is 5.39 Å². The van der Waals surface area contributed by atoms with Gasteiger partial charge in [-0.1, -0.05) is 54.6 Å². The summed E-state index contributed by atoms with van der Waals surface area (Å²) in [5, 5.41) is 5.25. The van der Waals surface area contributed by atoms with E-state index in [-0.39, 0.29) is 6.03 Å². The SMILES string of the molecule is COCCOc1ccccc1NC(=O)N(C)Cc1cccc2ccccc12. The van der Waals surface area contributed by atoms with Crippen molar-refractivity contribution in [2.45, 2.75) is 6.54 Å². The van der Waals surface area contributed by atoms with Gasteiger partial charge in [-0.3, -0.25) is 0 Å². The maximum atomic E-state index is 12.7. The normalized spacial score (nSPS) is 10.6. The van der Waals surface area contributed by atoms with Crippen molar-refractivity contribution in [1.82, 2.24) is 4.90 Å². The first-order valence-electron chi connectivity index (χ1n) is 8.88. The minimum Gasteiger partial charge on any atom is -0.489 e. The van der Waals surface area contributed by atoms with Gasteiger partial charge in [-0.2, -0.15) is 0 Å². The van der Waals surface area contributed by atoms with Crippen molar-refractivity contribution in [3.63, 3.8) is 0 Å². The predicted molar refractivity (Wildman–Crippen MR) is 108 cm³/mol. The lowest BCUT2D eigenvalue weighted by Crippen LogP contribution is -2.31. The fraction of sp³-hybridized carbons (Fsp3) is 0.227. The zero-order valence-electron chi connectivity index (χ0n) is 15.6. The van der Waals surface area contributed by atoms with Gasteiger partial charge in [0, 0.05) is 20.7 Å². The molecule has 27 heavy (non-hydrogen) atoms. The van der Waals surface area contributed by atoms with Crippen molar-refractivity contribution in [1.29, 1.82) is 0 Å². The van der Waals surface area contributed by atoms with Crippen molar-refractivity contribution in [2.24, 2.45) is 0 Å². The molecule has 1 N–H and O–H groups in total. The Balaban J connectivity index is 1.69. The molecule has 0 saturated carbocycles. The van der Waals surface area contributed by atoms with Crippen LogP contribution < -0.4 is 10.1 Å². The van der Waals surface area contributed by atoms with Gasteiger partial charge in [-0.25, -0.2) is 4.79 Å². The Kier molecular flexibility index (Phi) is 6.28. The van der Waals surface area contributed by atoms with Crippen molar-refractivity contribution in [2.75, 3.05) is 32.7 Å². The third-order valence-electron chi connectivity index (χ3n) is 4.31. The highest BCUT2D eigenvalue weighted by Crippen LogP contribution is 2.25. The second-order valence-corrected chi connectivity index (χ2v) is 6.26. The molecule has 5 heteroatoms. The van der Waals surface area contributed by atoms with Crippen LogP contribution in [0.1, 0.15) is 5.56 Å². The third-order valence-corrected chi connectivity index (χ3v) is 4.31. The summed E-state index contributed by atoms with van der Waals surface area (Å²) in [5.74, 6) is 0.626. The molecule has 0 fully saturated rings. The lowest BCUT2D eigenvalue weighted by atomic mass is 10.0. The quantitative estimate of drug-likeness (QED) is 0.627. The second kappa shape index (κ2) is 9.05. The largest absolute Gasteiger partial charge is 0.489 e. The van der Waals surface area contributed by atoms with E-state index in [9.17, 15) is 4.79 Å². The van der Waals surface area contributed by atoms with Crippen molar-refractivity contribution >= 4 is 22.5 Å². The molecular formula is C22H24N2O3. The number of rotatable bonds is 7. The van der Waals surface area contributed by atoms with Gasteiger partial charge in [0.25, 0.3) is 0 Å². The van der Waals surface area contributed by atoms with Gasteiger partial charge in [0.05, 0.1) is 12.3 Å². The Morgan fingerprint density at radius 1 is 0.963 bits per heavy atom. The summed E-state index contributed by atoms with van der Waals surface area (Å²) in [6, 6.07) is 21.5. The van der Waals surface area contributed by atoms with Crippen molar-refractivity contribution in [3.8, 4) is 5.75 Å². The number of ether oxygens (including phenoxy) is 2. The van der Waals surface area contributed by atoms with E-state index in [0.29, 0.717) is 31.2 Å². The summed E-state index contributed by atoms with van der Waals surface area (Å²) in [4.78, 5) is 14.3. The molecule has 3 rings (SSSR count). The zero-order chi connectivity index (χ0) is 19.1. The van der Waals surface area contributed by atoms with Crippen LogP contribution in [0, 0.1) is 0 Å². The maximum absolute atomic E-state index is 12.7. The van der Waals surface area contributed by atoms with E-state index in [4.69, 9.17) is 9.47 Å². The molecule has 0 aliphatic carbocycles. The number of anilines is 1. The smallest absolute Gasteiger partial charge is 0.321 e. The number of fused-ring (bicyclic) bond motifs is 1. The lowest BCUT2D eigenvalue weighted by molar-refractivity contribution is 0.146. The summed E-state index contributed by atoms with van der Waals surface area (Å²) in [5.41, 5.74) is 1.75. The summed E-state index contributed by atoms with van der Waals surface area (Å²) in [6.07, 6.45) is 0. The third kappa shape index (κ3) is 4.77. The molecule has 140 valence electrons.